The normalized spacial score (nSPS) is 11.6. The first-order valence-corrected chi connectivity index (χ1v) is 8.93. The number of amides is 2. The van der Waals surface area contributed by atoms with Crippen molar-refractivity contribution in [2.45, 2.75) is 13.0 Å². The highest BCUT2D eigenvalue weighted by Crippen LogP contribution is 2.31. The van der Waals surface area contributed by atoms with Gasteiger partial charge in [-0.05, 0) is 48.8 Å². The number of carbonyl (C=O) groups excluding carboxylic acids is 2. The van der Waals surface area contributed by atoms with E-state index in [1.165, 1.54) is 23.8 Å². The summed E-state index contributed by atoms with van der Waals surface area (Å²) in [5.74, 6) is -2.29. The van der Waals surface area contributed by atoms with Gasteiger partial charge in [0.2, 0.25) is 5.91 Å². The van der Waals surface area contributed by atoms with Crippen molar-refractivity contribution in [2.75, 3.05) is 10.6 Å². The van der Waals surface area contributed by atoms with E-state index >= 15 is 0 Å². The average Bonchev–Trinajstić information content (AvgIpc) is 3.06. The highest BCUT2D eigenvalue weighted by molar-refractivity contribution is 7.10. The number of hydrogen-bond donors (Lipinski definition) is 4. The molecule has 1 aromatic carbocycles. The van der Waals surface area contributed by atoms with Crippen LogP contribution in [0.1, 0.15) is 27.8 Å². The van der Waals surface area contributed by atoms with Gasteiger partial charge in [-0.25, -0.2) is 4.39 Å². The fourth-order valence-electron chi connectivity index (χ4n) is 2.54. The number of nitrogens with one attached hydrogen (secondary N) is 2. The molecule has 0 aliphatic carbocycles. The van der Waals surface area contributed by atoms with Gasteiger partial charge in [0.25, 0.3) is 5.91 Å². The number of nitrogens with two attached hydrogens (primary N) is 2. The van der Waals surface area contributed by atoms with Gasteiger partial charge < -0.3 is 22.1 Å². The van der Waals surface area contributed by atoms with E-state index in [2.05, 4.69) is 20.0 Å². The topological polar surface area (TPSA) is 136 Å². The van der Waals surface area contributed by atoms with Crippen LogP contribution < -0.4 is 22.1 Å². The van der Waals surface area contributed by atoms with Crippen LogP contribution >= 0.6 is 11.5 Å². The van der Waals surface area contributed by atoms with Gasteiger partial charge in [-0.15, -0.1) is 0 Å². The van der Waals surface area contributed by atoms with Gasteiger partial charge in [0.1, 0.15) is 16.9 Å². The molecule has 1 unspecified atom stereocenters. The average molecular weight is 400 g/mol. The molecule has 144 valence electrons. The molecule has 2 heterocycles. The number of carbonyl (C=O) groups is 2. The van der Waals surface area contributed by atoms with Crippen LogP contribution in [-0.2, 0) is 4.79 Å². The quantitative estimate of drug-likeness (QED) is 0.481. The highest BCUT2D eigenvalue weighted by atomic mass is 32.1. The number of primary amides is 2. The van der Waals surface area contributed by atoms with Crippen molar-refractivity contribution in [1.82, 2.24) is 9.36 Å². The summed E-state index contributed by atoms with van der Waals surface area (Å²) in [6, 6.07) is 8.02. The second-order valence-electron chi connectivity index (χ2n) is 5.93. The lowest BCUT2D eigenvalue weighted by Gasteiger charge is -2.18. The zero-order chi connectivity index (χ0) is 20.3. The lowest BCUT2D eigenvalue weighted by Crippen LogP contribution is -2.29. The minimum Gasteiger partial charge on any atom is -0.368 e. The number of aromatic nitrogens is 2. The van der Waals surface area contributed by atoms with Gasteiger partial charge in [0.15, 0.2) is 0 Å². The molecule has 2 aromatic heterocycles. The van der Waals surface area contributed by atoms with Crippen molar-refractivity contribution in [3.63, 3.8) is 0 Å². The molecule has 0 bridgehead atoms. The van der Waals surface area contributed by atoms with Crippen molar-refractivity contribution < 1.29 is 14.0 Å². The standard InChI is InChI=1S/C18H17FN6O2S/c1-9-6-15(28-25-9)23-13-8-14(11(19)7-10(13)17(20)26)24-16(18(21)27)12-4-2-3-5-22-12/h2-8,16,23-24H,1H3,(H2,20,26)(H2,21,27). The summed E-state index contributed by atoms with van der Waals surface area (Å²) >= 11 is 1.18. The van der Waals surface area contributed by atoms with Crippen LogP contribution in [0.15, 0.2) is 42.6 Å². The summed E-state index contributed by atoms with van der Waals surface area (Å²) in [4.78, 5) is 27.7. The minimum atomic E-state index is -1.06. The SMILES string of the molecule is Cc1cc(Nc2cc(NC(C(N)=O)c3ccccn3)c(F)cc2C(N)=O)sn1. The molecule has 0 radical (unpaired) electrons. The van der Waals surface area contributed by atoms with Gasteiger partial charge in [-0.2, -0.15) is 4.37 Å². The van der Waals surface area contributed by atoms with Gasteiger partial charge in [-0.1, -0.05) is 6.07 Å². The van der Waals surface area contributed by atoms with Crippen molar-refractivity contribution in [1.29, 1.82) is 0 Å². The molecule has 10 heteroatoms. The summed E-state index contributed by atoms with van der Waals surface area (Å²) in [7, 11) is 0. The highest BCUT2D eigenvalue weighted by Gasteiger charge is 2.22. The molecule has 0 saturated carbocycles. The molecule has 3 rings (SSSR count). The number of aryl methyl sites for hydroxylation is 1. The number of nitrogens with zero attached hydrogens (tertiary/aromatic N) is 2. The molecule has 6 N–H and O–H groups in total. The molecular formula is C18H17FN6O2S. The summed E-state index contributed by atoms with van der Waals surface area (Å²) in [6.07, 6.45) is 1.50. The van der Waals surface area contributed by atoms with E-state index in [-0.39, 0.29) is 16.9 Å². The van der Waals surface area contributed by atoms with Crippen LogP contribution in [-0.4, -0.2) is 21.2 Å². The monoisotopic (exact) mass is 400 g/mol. The maximum atomic E-state index is 14.6. The third-order valence-corrected chi connectivity index (χ3v) is 4.62. The van der Waals surface area contributed by atoms with Gasteiger partial charge in [-0.3, -0.25) is 14.6 Å². The molecule has 0 fully saturated rings. The van der Waals surface area contributed by atoms with E-state index in [4.69, 9.17) is 11.5 Å². The number of anilines is 3. The Bertz CT molecular complexity index is 1020. The van der Waals surface area contributed by atoms with E-state index in [0.717, 1.165) is 11.8 Å². The molecular weight excluding hydrogens is 383 g/mol. The van der Waals surface area contributed by atoms with Crippen molar-refractivity contribution in [3.8, 4) is 0 Å². The van der Waals surface area contributed by atoms with Crippen LogP contribution in [0.4, 0.5) is 20.8 Å². The number of halogens is 1. The first kappa shape index (κ1) is 19.2. The molecule has 8 nitrogen and oxygen atoms in total. The first-order valence-electron chi connectivity index (χ1n) is 8.15. The molecule has 1 atom stereocenters. The predicted octanol–water partition coefficient (Wildman–Crippen LogP) is 2.47. The van der Waals surface area contributed by atoms with Crippen LogP contribution in [0, 0.1) is 12.7 Å². The van der Waals surface area contributed by atoms with Gasteiger partial charge >= 0.3 is 0 Å². The van der Waals surface area contributed by atoms with Crippen LogP contribution in [0.25, 0.3) is 0 Å². The van der Waals surface area contributed by atoms with E-state index in [1.54, 1.807) is 24.3 Å². The summed E-state index contributed by atoms with van der Waals surface area (Å²) in [5, 5.41) is 6.39. The Balaban J connectivity index is 1.99. The fourth-order valence-corrected chi connectivity index (χ4v) is 3.21. The third-order valence-electron chi connectivity index (χ3n) is 3.83. The number of hydrogen-bond acceptors (Lipinski definition) is 7. The molecule has 2 amide bonds. The van der Waals surface area contributed by atoms with E-state index in [1.807, 2.05) is 6.92 Å². The number of benzene rings is 1. The Morgan fingerprint density at radius 2 is 1.96 bits per heavy atom. The maximum Gasteiger partial charge on any atom is 0.250 e. The Hall–Kier alpha value is -3.53. The smallest absolute Gasteiger partial charge is 0.250 e. The summed E-state index contributed by atoms with van der Waals surface area (Å²) in [6.45, 7) is 1.82. The fraction of sp³-hybridized carbons (Fsp3) is 0.111. The third kappa shape index (κ3) is 4.23. The van der Waals surface area contributed by atoms with E-state index < -0.39 is 23.7 Å². The second-order valence-corrected chi connectivity index (χ2v) is 6.74. The Kier molecular flexibility index (Phi) is 5.50. The summed E-state index contributed by atoms with van der Waals surface area (Å²) < 4.78 is 18.7. The largest absolute Gasteiger partial charge is 0.368 e. The van der Waals surface area contributed by atoms with Crippen LogP contribution in [0.2, 0.25) is 0 Å². The van der Waals surface area contributed by atoms with Gasteiger partial charge in [0, 0.05) is 6.20 Å². The Labute approximate surface area is 163 Å². The Morgan fingerprint density at radius 3 is 2.54 bits per heavy atom. The second kappa shape index (κ2) is 8.01. The lowest BCUT2D eigenvalue weighted by atomic mass is 10.1. The molecule has 0 aliphatic rings. The minimum absolute atomic E-state index is 0.0387. The lowest BCUT2D eigenvalue weighted by molar-refractivity contribution is -0.118. The summed E-state index contributed by atoms with van der Waals surface area (Å²) in [5.41, 5.74) is 12.1. The molecule has 0 saturated heterocycles. The van der Waals surface area contributed by atoms with Crippen molar-refractivity contribution >= 4 is 39.7 Å². The van der Waals surface area contributed by atoms with Crippen LogP contribution in [0.3, 0.4) is 0 Å². The number of rotatable bonds is 7. The van der Waals surface area contributed by atoms with E-state index in [0.29, 0.717) is 10.7 Å². The number of pyridine rings is 1. The van der Waals surface area contributed by atoms with Crippen molar-refractivity contribution in [2.24, 2.45) is 11.5 Å². The van der Waals surface area contributed by atoms with Crippen molar-refractivity contribution in [3.05, 3.63) is 65.4 Å². The molecule has 3 aromatic rings. The zero-order valence-electron chi connectivity index (χ0n) is 14.8. The first-order chi connectivity index (χ1) is 13.3. The maximum absolute atomic E-state index is 14.6. The van der Waals surface area contributed by atoms with E-state index in [9.17, 15) is 14.0 Å². The molecule has 0 spiro atoms. The van der Waals surface area contributed by atoms with Crippen LogP contribution in [0.5, 0.6) is 0 Å². The zero-order valence-corrected chi connectivity index (χ0v) is 15.6. The predicted molar refractivity (Wildman–Crippen MR) is 105 cm³/mol. The molecule has 0 aliphatic heterocycles. The Morgan fingerprint density at radius 1 is 1.18 bits per heavy atom. The molecule has 28 heavy (non-hydrogen) atoms. The van der Waals surface area contributed by atoms with Gasteiger partial charge in [0.05, 0.1) is 28.3 Å².